The van der Waals surface area contributed by atoms with Gasteiger partial charge < -0.3 is 2.85 Å². The van der Waals surface area contributed by atoms with Gasteiger partial charge in [0.2, 0.25) is 0 Å². The van der Waals surface area contributed by atoms with Crippen molar-refractivity contribution in [2.24, 2.45) is 0 Å². The van der Waals surface area contributed by atoms with E-state index in [-0.39, 0.29) is 108 Å². The van der Waals surface area contributed by atoms with Gasteiger partial charge in [-0.05, 0) is 0 Å². The Hall–Kier alpha value is 3.30. The number of rotatable bonds is 0. The standard InChI is InChI=1S/2Al.K.Li.8H/q;;2*+1;;;;;;;2*-1. The molecule has 0 fully saturated rings. The van der Waals surface area contributed by atoms with Crippen molar-refractivity contribution in [2.75, 3.05) is 0 Å². The second-order valence-corrected chi connectivity index (χ2v) is 0. The molecule has 0 amide bonds. The SMILES string of the molecule is [AlH3].[AlH3].[H-].[H-].[K+].[Li+]. The van der Waals surface area contributed by atoms with Crippen LogP contribution in [0.3, 0.4) is 0 Å². The predicted molar refractivity (Wildman–Crippen MR) is 22.1 cm³/mol. The fourth-order valence-electron chi connectivity index (χ4n) is 0. The van der Waals surface area contributed by atoms with E-state index in [0.29, 0.717) is 0 Å². The number of hydrogen-bond donors (Lipinski definition) is 0. The Kier molecular flexibility index (Phi) is 108. The van der Waals surface area contributed by atoms with E-state index in [0.717, 1.165) is 0 Å². The molecule has 0 saturated heterocycles. The van der Waals surface area contributed by atoms with Gasteiger partial charge in [-0.2, -0.15) is 0 Å². The zero-order valence-corrected chi connectivity index (χ0v) is 5.12. The molecule has 0 aromatic heterocycles. The zero-order valence-electron chi connectivity index (χ0n) is 4.00. The molecule has 0 unspecified atom stereocenters. The normalized spacial score (nSPS) is 0. The van der Waals surface area contributed by atoms with Gasteiger partial charge in [0.15, 0.2) is 34.7 Å². The van der Waals surface area contributed by atoms with E-state index in [9.17, 15) is 0 Å². The molecule has 0 aromatic carbocycles. The van der Waals surface area contributed by atoms with Crippen molar-refractivity contribution in [3.05, 3.63) is 0 Å². The van der Waals surface area contributed by atoms with E-state index in [1.165, 1.54) is 0 Å². The summed E-state index contributed by atoms with van der Waals surface area (Å²) in [6.45, 7) is 0. The molecule has 0 heterocycles. The summed E-state index contributed by atoms with van der Waals surface area (Å²) in [4.78, 5) is 0. The average Bonchev–Trinajstić information content (AvgIpc) is 0. The van der Waals surface area contributed by atoms with E-state index in [2.05, 4.69) is 0 Å². The Bertz CT molecular complexity index is 11.5. The van der Waals surface area contributed by atoms with Gasteiger partial charge in [-0.3, -0.25) is 0 Å². The first kappa shape index (κ1) is 26.6. The second kappa shape index (κ2) is 16.3. The van der Waals surface area contributed by atoms with E-state index < -0.39 is 0 Å². The van der Waals surface area contributed by atoms with Crippen LogP contribution >= 0.6 is 0 Å². The first-order chi connectivity index (χ1) is 0. The second-order valence-electron chi connectivity index (χ2n) is 0. The Labute approximate surface area is 105 Å². The van der Waals surface area contributed by atoms with Gasteiger partial charge in [-0.25, -0.2) is 0 Å². The first-order valence-electron chi connectivity index (χ1n) is 0. The summed E-state index contributed by atoms with van der Waals surface area (Å²) >= 11 is 0. The fraction of sp³-hybridized carbons (Fsp3) is 0. The van der Waals surface area contributed by atoms with Crippen molar-refractivity contribution in [2.45, 2.75) is 0 Å². The molecule has 16 valence electrons. The van der Waals surface area contributed by atoms with Crippen LogP contribution in [-0.4, -0.2) is 34.7 Å². The molecular formula is H8Al2KLi. The summed E-state index contributed by atoms with van der Waals surface area (Å²) in [5.41, 5.74) is 0. The monoisotopic (exact) mass is 108 g/mol. The molecule has 0 rings (SSSR count). The summed E-state index contributed by atoms with van der Waals surface area (Å²) in [5, 5.41) is 0. The predicted octanol–water partition coefficient (Wildman–Crippen LogP) is -8.13. The van der Waals surface area contributed by atoms with Crippen LogP contribution in [0.2, 0.25) is 0 Å². The van der Waals surface area contributed by atoms with Crippen LogP contribution in [0.25, 0.3) is 0 Å². The third-order valence-electron chi connectivity index (χ3n) is 0. The van der Waals surface area contributed by atoms with Crippen molar-refractivity contribution in [3.8, 4) is 0 Å². The van der Waals surface area contributed by atoms with Crippen LogP contribution in [-0.2, 0) is 0 Å². The van der Waals surface area contributed by atoms with Crippen LogP contribution in [0.15, 0.2) is 0 Å². The fourth-order valence-corrected chi connectivity index (χ4v) is 0. The van der Waals surface area contributed by atoms with Gasteiger partial charge in [-0.1, -0.05) is 0 Å². The van der Waals surface area contributed by atoms with Gasteiger partial charge in [0.05, 0.1) is 0 Å². The smallest absolute Gasteiger partial charge is 1.00 e. The molecule has 0 radical (unpaired) electrons. The molecule has 4 heteroatoms. The van der Waals surface area contributed by atoms with E-state index in [4.69, 9.17) is 0 Å². The van der Waals surface area contributed by atoms with Crippen LogP contribution in [0.5, 0.6) is 0 Å². The molecule has 0 N–H and O–H groups in total. The summed E-state index contributed by atoms with van der Waals surface area (Å²) in [7, 11) is 0. The quantitative estimate of drug-likeness (QED) is 0.270. The van der Waals surface area contributed by atoms with Crippen molar-refractivity contribution >= 4 is 34.7 Å². The average molecular weight is 108 g/mol. The molecule has 4 heavy (non-hydrogen) atoms. The summed E-state index contributed by atoms with van der Waals surface area (Å²) in [5.74, 6) is 0. The van der Waals surface area contributed by atoms with E-state index >= 15 is 0 Å². The molecule has 0 atom stereocenters. The molecule has 0 aliphatic carbocycles. The van der Waals surface area contributed by atoms with Crippen molar-refractivity contribution in [1.82, 2.24) is 0 Å². The minimum absolute atomic E-state index is 0. The summed E-state index contributed by atoms with van der Waals surface area (Å²) < 4.78 is 0. The van der Waals surface area contributed by atoms with Crippen LogP contribution in [0, 0.1) is 0 Å². The van der Waals surface area contributed by atoms with Gasteiger partial charge in [0.1, 0.15) is 0 Å². The Balaban J connectivity index is 0. The van der Waals surface area contributed by atoms with Crippen molar-refractivity contribution in [3.63, 3.8) is 0 Å². The Morgan fingerprint density at radius 3 is 1.00 bits per heavy atom. The van der Waals surface area contributed by atoms with Gasteiger partial charge in [0, 0.05) is 0 Å². The van der Waals surface area contributed by atoms with Crippen molar-refractivity contribution < 1.29 is 73.1 Å². The Morgan fingerprint density at radius 2 is 1.00 bits per heavy atom. The first-order valence-corrected chi connectivity index (χ1v) is 0. The molecule has 0 aliphatic heterocycles. The molecule has 0 saturated carbocycles. The van der Waals surface area contributed by atoms with Gasteiger partial charge in [-0.15, -0.1) is 0 Å². The number of hydrogen-bond acceptors (Lipinski definition) is 0. The maximum absolute atomic E-state index is 0. The van der Waals surface area contributed by atoms with Gasteiger partial charge >= 0.3 is 70.2 Å². The third kappa shape index (κ3) is 9.00. The molecule has 0 spiro atoms. The maximum Gasteiger partial charge on any atom is 1.00 e. The molecular weight excluding hydrogens is 100 g/mol. The molecule has 0 bridgehead atoms. The van der Waals surface area contributed by atoms with E-state index in [1.54, 1.807) is 0 Å². The van der Waals surface area contributed by atoms with Crippen LogP contribution in [0.4, 0.5) is 0 Å². The third-order valence-corrected chi connectivity index (χ3v) is 0. The maximum atomic E-state index is 0. The molecule has 0 aromatic rings. The van der Waals surface area contributed by atoms with Crippen LogP contribution in [0.1, 0.15) is 2.85 Å². The topological polar surface area (TPSA) is 0 Å². The van der Waals surface area contributed by atoms with Gasteiger partial charge in [0.25, 0.3) is 0 Å². The zero-order chi connectivity index (χ0) is 0. The largest absolute Gasteiger partial charge is 1.00 e. The van der Waals surface area contributed by atoms with Crippen molar-refractivity contribution in [1.29, 1.82) is 0 Å². The summed E-state index contributed by atoms with van der Waals surface area (Å²) in [6.07, 6.45) is 0. The molecule has 0 nitrogen and oxygen atoms in total. The minimum Gasteiger partial charge on any atom is -1.00 e. The Morgan fingerprint density at radius 1 is 1.00 bits per heavy atom. The molecule has 0 aliphatic rings. The minimum atomic E-state index is 0. The van der Waals surface area contributed by atoms with Crippen LogP contribution < -0.4 is 70.2 Å². The summed E-state index contributed by atoms with van der Waals surface area (Å²) in [6, 6.07) is 0. The van der Waals surface area contributed by atoms with E-state index in [1.807, 2.05) is 0 Å².